The third-order valence-electron chi connectivity index (χ3n) is 2.64. The standard InChI is InChI=1S/C13H18N4O.2ClH/c1-9-3-4-17-8-11(16-12(17)5-9)7-15-13(18)6-10(2)14;;/h3-5,8,10H,6-7,14H2,1-2H3,(H,15,18);2*1H. The monoisotopic (exact) mass is 318 g/mol. The smallest absolute Gasteiger partial charge is 0.221 e. The van der Waals surface area contributed by atoms with Gasteiger partial charge < -0.3 is 15.5 Å². The molecule has 0 aliphatic heterocycles. The molecule has 5 nitrogen and oxygen atoms in total. The van der Waals surface area contributed by atoms with Gasteiger partial charge in [0.1, 0.15) is 5.65 Å². The van der Waals surface area contributed by atoms with E-state index < -0.39 is 0 Å². The Labute approximate surface area is 130 Å². The van der Waals surface area contributed by atoms with Crippen LogP contribution in [-0.4, -0.2) is 21.3 Å². The Morgan fingerprint density at radius 3 is 2.85 bits per heavy atom. The number of hydrogen-bond donors (Lipinski definition) is 2. The Balaban J connectivity index is 0.00000180. The number of rotatable bonds is 4. The molecule has 0 bridgehead atoms. The van der Waals surface area contributed by atoms with Gasteiger partial charge in [0.25, 0.3) is 0 Å². The summed E-state index contributed by atoms with van der Waals surface area (Å²) >= 11 is 0. The van der Waals surface area contributed by atoms with Crippen LogP contribution in [0.25, 0.3) is 5.65 Å². The summed E-state index contributed by atoms with van der Waals surface area (Å²) in [7, 11) is 0. The summed E-state index contributed by atoms with van der Waals surface area (Å²) in [6.45, 7) is 4.28. The van der Waals surface area contributed by atoms with E-state index in [1.807, 2.05) is 42.8 Å². The first kappa shape index (κ1) is 18.7. The van der Waals surface area contributed by atoms with Gasteiger partial charge in [-0.1, -0.05) is 0 Å². The third kappa shape index (κ3) is 5.00. The van der Waals surface area contributed by atoms with Crippen LogP contribution < -0.4 is 11.1 Å². The molecule has 2 rings (SSSR count). The Hall–Kier alpha value is -1.30. The number of imidazole rings is 1. The molecule has 0 saturated carbocycles. The zero-order valence-corrected chi connectivity index (χ0v) is 13.1. The fourth-order valence-electron chi connectivity index (χ4n) is 1.78. The van der Waals surface area contributed by atoms with Gasteiger partial charge in [-0.2, -0.15) is 0 Å². The number of fused-ring (bicyclic) bond motifs is 1. The molecule has 2 aromatic heterocycles. The van der Waals surface area contributed by atoms with Gasteiger partial charge in [0.2, 0.25) is 5.91 Å². The molecular weight excluding hydrogens is 299 g/mol. The molecule has 0 aliphatic carbocycles. The number of nitrogens with one attached hydrogen (secondary N) is 1. The Bertz CT molecular complexity index is 568. The second kappa shape index (κ2) is 8.09. The number of carbonyl (C=O) groups excluding carboxylic acids is 1. The van der Waals surface area contributed by atoms with Crippen molar-refractivity contribution in [1.29, 1.82) is 0 Å². The number of pyridine rings is 1. The van der Waals surface area contributed by atoms with Gasteiger partial charge in [-0.05, 0) is 31.5 Å². The van der Waals surface area contributed by atoms with Crippen molar-refractivity contribution in [3.63, 3.8) is 0 Å². The molecule has 1 amide bonds. The number of aryl methyl sites for hydroxylation is 1. The quantitative estimate of drug-likeness (QED) is 0.903. The largest absolute Gasteiger partial charge is 0.350 e. The van der Waals surface area contributed by atoms with Crippen LogP contribution in [0.3, 0.4) is 0 Å². The zero-order valence-electron chi connectivity index (χ0n) is 11.5. The number of nitrogens with zero attached hydrogens (tertiary/aromatic N) is 2. The van der Waals surface area contributed by atoms with Crippen LogP contribution >= 0.6 is 24.8 Å². The summed E-state index contributed by atoms with van der Waals surface area (Å²) in [4.78, 5) is 15.9. The van der Waals surface area contributed by atoms with Crippen molar-refractivity contribution in [3.8, 4) is 0 Å². The van der Waals surface area contributed by atoms with Crippen molar-refractivity contribution in [1.82, 2.24) is 14.7 Å². The topological polar surface area (TPSA) is 72.4 Å². The lowest BCUT2D eigenvalue weighted by molar-refractivity contribution is -0.121. The Kier molecular flexibility index (Phi) is 7.57. The number of aromatic nitrogens is 2. The van der Waals surface area contributed by atoms with Gasteiger partial charge in [-0.25, -0.2) is 4.98 Å². The highest BCUT2D eigenvalue weighted by molar-refractivity contribution is 5.85. The summed E-state index contributed by atoms with van der Waals surface area (Å²) in [5, 5.41) is 2.81. The van der Waals surface area contributed by atoms with E-state index in [-0.39, 0.29) is 36.8 Å². The summed E-state index contributed by atoms with van der Waals surface area (Å²) < 4.78 is 1.94. The molecule has 2 heterocycles. The second-order valence-corrected chi connectivity index (χ2v) is 4.66. The third-order valence-corrected chi connectivity index (χ3v) is 2.64. The molecule has 0 aliphatic rings. The van der Waals surface area contributed by atoms with Crippen LogP contribution in [0.5, 0.6) is 0 Å². The average Bonchev–Trinajstić information content (AvgIpc) is 2.67. The highest BCUT2D eigenvalue weighted by Gasteiger charge is 2.06. The van der Waals surface area contributed by atoms with Crippen molar-refractivity contribution in [2.75, 3.05) is 0 Å². The van der Waals surface area contributed by atoms with Crippen molar-refractivity contribution < 1.29 is 4.79 Å². The highest BCUT2D eigenvalue weighted by Crippen LogP contribution is 2.07. The van der Waals surface area contributed by atoms with Crippen LogP contribution in [0.2, 0.25) is 0 Å². The van der Waals surface area contributed by atoms with E-state index in [0.717, 1.165) is 11.3 Å². The van der Waals surface area contributed by atoms with Crippen molar-refractivity contribution in [2.45, 2.75) is 32.9 Å². The number of carbonyl (C=O) groups is 1. The summed E-state index contributed by atoms with van der Waals surface area (Å²) in [6.07, 6.45) is 4.22. The fourth-order valence-corrected chi connectivity index (χ4v) is 1.78. The molecule has 3 N–H and O–H groups in total. The molecule has 2 aromatic rings. The first-order chi connectivity index (χ1) is 8.54. The SMILES string of the molecule is Cc1ccn2cc(CNC(=O)CC(C)N)nc2c1.Cl.Cl. The number of hydrogen-bond acceptors (Lipinski definition) is 3. The maximum absolute atomic E-state index is 11.5. The molecule has 112 valence electrons. The highest BCUT2D eigenvalue weighted by atomic mass is 35.5. The van der Waals surface area contributed by atoms with Gasteiger partial charge in [0.05, 0.1) is 12.2 Å². The minimum Gasteiger partial charge on any atom is -0.350 e. The minimum atomic E-state index is -0.117. The molecule has 0 spiro atoms. The molecule has 0 aromatic carbocycles. The molecule has 1 unspecified atom stereocenters. The summed E-state index contributed by atoms with van der Waals surface area (Å²) in [6, 6.07) is 3.91. The summed E-state index contributed by atoms with van der Waals surface area (Å²) in [5.74, 6) is -0.0433. The van der Waals surface area contributed by atoms with E-state index in [4.69, 9.17) is 5.73 Å². The van der Waals surface area contributed by atoms with Gasteiger partial charge in [-0.15, -0.1) is 24.8 Å². The Morgan fingerprint density at radius 2 is 2.20 bits per heavy atom. The molecule has 7 heteroatoms. The van der Waals surface area contributed by atoms with Crippen LogP contribution in [0, 0.1) is 6.92 Å². The van der Waals surface area contributed by atoms with Crippen LogP contribution in [0.1, 0.15) is 24.6 Å². The first-order valence-corrected chi connectivity index (χ1v) is 6.01. The van der Waals surface area contributed by atoms with Crippen LogP contribution in [0.15, 0.2) is 24.5 Å². The normalized spacial score (nSPS) is 11.3. The number of halogens is 2. The molecule has 0 saturated heterocycles. The number of amides is 1. The van der Waals surface area contributed by atoms with E-state index >= 15 is 0 Å². The predicted molar refractivity (Wildman–Crippen MR) is 84.5 cm³/mol. The van der Waals surface area contributed by atoms with E-state index in [1.54, 1.807) is 0 Å². The lowest BCUT2D eigenvalue weighted by atomic mass is 10.2. The van der Waals surface area contributed by atoms with Crippen molar-refractivity contribution in [3.05, 3.63) is 35.8 Å². The lowest BCUT2D eigenvalue weighted by Gasteiger charge is -2.05. The Morgan fingerprint density at radius 1 is 1.50 bits per heavy atom. The maximum Gasteiger partial charge on any atom is 0.221 e. The number of nitrogens with two attached hydrogens (primary N) is 1. The van der Waals surface area contributed by atoms with Crippen LogP contribution in [-0.2, 0) is 11.3 Å². The zero-order chi connectivity index (χ0) is 13.1. The minimum absolute atomic E-state index is 0. The van der Waals surface area contributed by atoms with E-state index in [1.165, 1.54) is 5.56 Å². The molecule has 20 heavy (non-hydrogen) atoms. The molecule has 1 atom stereocenters. The van der Waals surface area contributed by atoms with E-state index in [0.29, 0.717) is 13.0 Å². The maximum atomic E-state index is 11.5. The van der Waals surface area contributed by atoms with Gasteiger partial charge in [0.15, 0.2) is 0 Å². The predicted octanol–water partition coefficient (Wildman–Crippen LogP) is 1.84. The van der Waals surface area contributed by atoms with Crippen LogP contribution in [0.4, 0.5) is 0 Å². The van der Waals surface area contributed by atoms with E-state index in [2.05, 4.69) is 10.3 Å². The van der Waals surface area contributed by atoms with Gasteiger partial charge >= 0.3 is 0 Å². The van der Waals surface area contributed by atoms with E-state index in [9.17, 15) is 4.79 Å². The average molecular weight is 319 g/mol. The van der Waals surface area contributed by atoms with Gasteiger partial charge in [0, 0.05) is 24.9 Å². The first-order valence-electron chi connectivity index (χ1n) is 6.01. The van der Waals surface area contributed by atoms with Crippen molar-refractivity contribution >= 4 is 36.4 Å². The molecule has 0 fully saturated rings. The summed E-state index contributed by atoms with van der Waals surface area (Å²) in [5.41, 5.74) is 8.47. The molecule has 0 radical (unpaired) electrons. The lowest BCUT2D eigenvalue weighted by Crippen LogP contribution is -2.29. The second-order valence-electron chi connectivity index (χ2n) is 4.66. The fraction of sp³-hybridized carbons (Fsp3) is 0.385. The molecular formula is C13H20Cl2N4O. The van der Waals surface area contributed by atoms with Gasteiger partial charge in [-0.3, -0.25) is 4.79 Å². The van der Waals surface area contributed by atoms with Crippen molar-refractivity contribution in [2.24, 2.45) is 5.73 Å².